The standard InChI is InChI=1S/C11H19NS2/c1-9(8-13-3)6-12-7-11-5-4-10(2)14-11/h4-5,9,12H,6-8H2,1-3H3. The average molecular weight is 229 g/mol. The Kier molecular flexibility index (Phi) is 5.60. The molecule has 0 saturated carbocycles. The fraction of sp³-hybridized carbons (Fsp3) is 0.636. The Bertz CT molecular complexity index is 258. The van der Waals surface area contributed by atoms with E-state index >= 15 is 0 Å². The number of thioether (sulfide) groups is 1. The molecule has 0 fully saturated rings. The van der Waals surface area contributed by atoms with Crippen LogP contribution in [0.2, 0.25) is 0 Å². The molecule has 80 valence electrons. The van der Waals surface area contributed by atoms with Crippen molar-refractivity contribution in [1.82, 2.24) is 5.32 Å². The number of aryl methyl sites for hydroxylation is 1. The molecule has 0 aliphatic carbocycles. The van der Waals surface area contributed by atoms with E-state index in [-0.39, 0.29) is 0 Å². The molecule has 0 bridgehead atoms. The molecule has 1 heterocycles. The van der Waals surface area contributed by atoms with Gasteiger partial charge in [-0.3, -0.25) is 0 Å². The maximum atomic E-state index is 3.50. The summed E-state index contributed by atoms with van der Waals surface area (Å²) in [7, 11) is 0. The van der Waals surface area contributed by atoms with Gasteiger partial charge in [0.15, 0.2) is 0 Å². The van der Waals surface area contributed by atoms with Crippen LogP contribution < -0.4 is 5.32 Å². The highest BCUT2D eigenvalue weighted by atomic mass is 32.2. The predicted molar refractivity (Wildman–Crippen MR) is 68.3 cm³/mol. The largest absolute Gasteiger partial charge is 0.312 e. The van der Waals surface area contributed by atoms with Crippen LogP contribution >= 0.6 is 23.1 Å². The Morgan fingerprint density at radius 3 is 2.86 bits per heavy atom. The van der Waals surface area contributed by atoms with Crippen LogP contribution in [0, 0.1) is 12.8 Å². The molecule has 3 heteroatoms. The van der Waals surface area contributed by atoms with E-state index in [9.17, 15) is 0 Å². The summed E-state index contributed by atoms with van der Waals surface area (Å²) in [5.74, 6) is 2.02. The lowest BCUT2D eigenvalue weighted by Crippen LogP contribution is -2.21. The molecule has 1 rings (SSSR count). The van der Waals surface area contributed by atoms with Crippen LogP contribution in [0.1, 0.15) is 16.7 Å². The van der Waals surface area contributed by atoms with Gasteiger partial charge < -0.3 is 5.32 Å². The summed E-state index contributed by atoms with van der Waals surface area (Å²) in [5.41, 5.74) is 0. The first-order chi connectivity index (χ1) is 6.72. The third-order valence-corrected chi connectivity index (χ3v) is 3.94. The molecule has 0 aliphatic rings. The SMILES string of the molecule is CSCC(C)CNCc1ccc(C)s1. The minimum atomic E-state index is 0.769. The topological polar surface area (TPSA) is 12.0 Å². The highest BCUT2D eigenvalue weighted by Gasteiger charge is 2.01. The minimum absolute atomic E-state index is 0.769. The van der Waals surface area contributed by atoms with E-state index in [1.165, 1.54) is 15.5 Å². The van der Waals surface area contributed by atoms with Gasteiger partial charge in [0.1, 0.15) is 0 Å². The summed E-state index contributed by atoms with van der Waals surface area (Å²) in [6, 6.07) is 4.40. The van der Waals surface area contributed by atoms with Crippen molar-refractivity contribution in [2.75, 3.05) is 18.6 Å². The fourth-order valence-corrected chi connectivity index (χ4v) is 2.91. The molecule has 0 amide bonds. The van der Waals surface area contributed by atoms with Crippen LogP contribution in [0.15, 0.2) is 12.1 Å². The Morgan fingerprint density at radius 1 is 1.50 bits per heavy atom. The second-order valence-electron chi connectivity index (χ2n) is 3.70. The Morgan fingerprint density at radius 2 is 2.29 bits per heavy atom. The van der Waals surface area contributed by atoms with E-state index in [1.54, 1.807) is 0 Å². The van der Waals surface area contributed by atoms with Crippen molar-refractivity contribution in [3.63, 3.8) is 0 Å². The zero-order valence-electron chi connectivity index (χ0n) is 9.17. The highest BCUT2D eigenvalue weighted by molar-refractivity contribution is 7.98. The molecular formula is C11H19NS2. The maximum absolute atomic E-state index is 3.50. The van der Waals surface area contributed by atoms with E-state index < -0.39 is 0 Å². The van der Waals surface area contributed by atoms with Crippen LogP contribution in [0.5, 0.6) is 0 Å². The van der Waals surface area contributed by atoms with Gasteiger partial charge in [0, 0.05) is 16.3 Å². The number of hydrogen-bond donors (Lipinski definition) is 1. The molecule has 0 radical (unpaired) electrons. The lowest BCUT2D eigenvalue weighted by Gasteiger charge is -2.09. The van der Waals surface area contributed by atoms with Crippen molar-refractivity contribution in [3.8, 4) is 0 Å². The molecular weight excluding hydrogens is 210 g/mol. The summed E-state index contributed by atoms with van der Waals surface area (Å²) < 4.78 is 0. The third kappa shape index (κ3) is 4.49. The Labute approximate surface area is 95.3 Å². The Balaban J connectivity index is 2.15. The van der Waals surface area contributed by atoms with Gasteiger partial charge in [-0.2, -0.15) is 11.8 Å². The lowest BCUT2D eigenvalue weighted by atomic mass is 10.2. The number of rotatable bonds is 6. The predicted octanol–water partition coefficient (Wildman–Crippen LogP) is 3.15. The molecule has 1 atom stereocenters. The van der Waals surface area contributed by atoms with Crippen LogP contribution in [-0.2, 0) is 6.54 Å². The second kappa shape index (κ2) is 6.49. The third-order valence-electron chi connectivity index (χ3n) is 2.04. The monoisotopic (exact) mass is 229 g/mol. The van der Waals surface area contributed by atoms with E-state index in [2.05, 4.69) is 37.6 Å². The zero-order valence-corrected chi connectivity index (χ0v) is 10.8. The van der Waals surface area contributed by atoms with Gasteiger partial charge in [-0.15, -0.1) is 11.3 Å². The van der Waals surface area contributed by atoms with Crippen molar-refractivity contribution in [2.45, 2.75) is 20.4 Å². The first-order valence-corrected chi connectivity index (χ1v) is 7.18. The normalized spacial score (nSPS) is 13.1. The molecule has 1 unspecified atom stereocenters. The summed E-state index contributed by atoms with van der Waals surface area (Å²) in [6.45, 7) is 6.60. The smallest absolute Gasteiger partial charge is 0.0299 e. The van der Waals surface area contributed by atoms with Gasteiger partial charge in [-0.05, 0) is 43.5 Å². The minimum Gasteiger partial charge on any atom is -0.312 e. The average Bonchev–Trinajstić information content (AvgIpc) is 2.52. The van der Waals surface area contributed by atoms with Crippen molar-refractivity contribution in [3.05, 3.63) is 21.9 Å². The second-order valence-corrected chi connectivity index (χ2v) is 5.99. The van der Waals surface area contributed by atoms with Gasteiger partial charge in [0.25, 0.3) is 0 Å². The van der Waals surface area contributed by atoms with Crippen molar-refractivity contribution in [1.29, 1.82) is 0 Å². The van der Waals surface area contributed by atoms with E-state index in [0.717, 1.165) is 19.0 Å². The first kappa shape index (κ1) is 12.1. The summed E-state index contributed by atoms with van der Waals surface area (Å²) in [4.78, 5) is 2.85. The van der Waals surface area contributed by atoms with Crippen LogP contribution in [0.3, 0.4) is 0 Å². The maximum Gasteiger partial charge on any atom is 0.0299 e. The molecule has 1 aromatic rings. The molecule has 0 spiro atoms. The molecule has 14 heavy (non-hydrogen) atoms. The van der Waals surface area contributed by atoms with Crippen molar-refractivity contribution >= 4 is 23.1 Å². The summed E-state index contributed by atoms with van der Waals surface area (Å²) in [5, 5.41) is 3.50. The van der Waals surface area contributed by atoms with E-state index in [0.29, 0.717) is 0 Å². The molecule has 0 aromatic carbocycles. The highest BCUT2D eigenvalue weighted by Crippen LogP contribution is 2.14. The number of thiophene rings is 1. The van der Waals surface area contributed by atoms with Gasteiger partial charge in [0.2, 0.25) is 0 Å². The van der Waals surface area contributed by atoms with Crippen LogP contribution in [-0.4, -0.2) is 18.6 Å². The zero-order chi connectivity index (χ0) is 10.4. The van der Waals surface area contributed by atoms with Crippen LogP contribution in [0.4, 0.5) is 0 Å². The van der Waals surface area contributed by atoms with Crippen molar-refractivity contribution in [2.24, 2.45) is 5.92 Å². The fourth-order valence-electron chi connectivity index (χ4n) is 1.37. The number of nitrogens with one attached hydrogen (secondary N) is 1. The van der Waals surface area contributed by atoms with Gasteiger partial charge in [-0.25, -0.2) is 0 Å². The van der Waals surface area contributed by atoms with Crippen molar-refractivity contribution < 1.29 is 0 Å². The van der Waals surface area contributed by atoms with Gasteiger partial charge in [-0.1, -0.05) is 6.92 Å². The molecule has 0 saturated heterocycles. The molecule has 1 N–H and O–H groups in total. The van der Waals surface area contributed by atoms with Crippen LogP contribution in [0.25, 0.3) is 0 Å². The summed E-state index contributed by atoms with van der Waals surface area (Å²) in [6.07, 6.45) is 2.17. The Hall–Kier alpha value is 0.01000. The first-order valence-electron chi connectivity index (χ1n) is 4.97. The van der Waals surface area contributed by atoms with Gasteiger partial charge >= 0.3 is 0 Å². The molecule has 1 nitrogen and oxygen atoms in total. The van der Waals surface area contributed by atoms with E-state index in [4.69, 9.17) is 0 Å². The lowest BCUT2D eigenvalue weighted by molar-refractivity contribution is 0.562. The molecule has 1 aromatic heterocycles. The van der Waals surface area contributed by atoms with E-state index in [1.807, 2.05) is 23.1 Å². The summed E-state index contributed by atoms with van der Waals surface area (Å²) >= 11 is 3.81. The van der Waals surface area contributed by atoms with Gasteiger partial charge in [0.05, 0.1) is 0 Å². The number of hydrogen-bond acceptors (Lipinski definition) is 3. The molecule has 0 aliphatic heterocycles. The quantitative estimate of drug-likeness (QED) is 0.804.